The molecule has 0 fully saturated rings. The van der Waals surface area contributed by atoms with Crippen LogP contribution in [0.15, 0.2) is 41.2 Å². The molecule has 0 unspecified atom stereocenters. The highest BCUT2D eigenvalue weighted by molar-refractivity contribution is 5.83. The van der Waals surface area contributed by atoms with Gasteiger partial charge in [0.05, 0.1) is 36.4 Å². The van der Waals surface area contributed by atoms with Gasteiger partial charge in [-0.2, -0.15) is 0 Å². The van der Waals surface area contributed by atoms with Crippen LogP contribution in [0.5, 0.6) is 5.75 Å². The number of phenolic OH excluding ortho intramolecular Hbond substituents is 1. The maximum atomic E-state index is 13.4. The lowest BCUT2D eigenvalue weighted by Gasteiger charge is -2.18. The molecule has 0 spiro atoms. The Morgan fingerprint density at radius 1 is 1.11 bits per heavy atom. The molecule has 6 heteroatoms. The first-order valence-corrected chi connectivity index (χ1v) is 9.35. The molecule has 2 aromatic carbocycles. The van der Waals surface area contributed by atoms with Crippen molar-refractivity contribution in [3.63, 3.8) is 0 Å². The fraction of sp³-hybridized carbons (Fsp3) is 0.364. The van der Waals surface area contributed by atoms with Crippen molar-refractivity contribution in [1.29, 1.82) is 0 Å². The normalized spacial score (nSPS) is 11.5. The zero-order chi connectivity index (χ0) is 20.3. The third-order valence-electron chi connectivity index (χ3n) is 4.63. The van der Waals surface area contributed by atoms with Gasteiger partial charge >= 0.3 is 0 Å². The number of methoxy groups -OCH3 is 1. The van der Waals surface area contributed by atoms with Gasteiger partial charge in [-0.15, -0.1) is 0 Å². The number of aromatic nitrogens is 2. The Morgan fingerprint density at radius 3 is 2.46 bits per heavy atom. The van der Waals surface area contributed by atoms with Crippen LogP contribution in [0.3, 0.4) is 0 Å². The summed E-state index contributed by atoms with van der Waals surface area (Å²) in [5.41, 5.74) is 2.74. The molecule has 3 aromatic rings. The first kappa shape index (κ1) is 20.0. The quantitative estimate of drug-likeness (QED) is 0.631. The summed E-state index contributed by atoms with van der Waals surface area (Å²) >= 11 is 0. The van der Waals surface area contributed by atoms with Gasteiger partial charge in [-0.25, -0.2) is 4.98 Å². The molecule has 28 heavy (non-hydrogen) atoms. The minimum Gasteiger partial charge on any atom is -0.507 e. The second-order valence-electron chi connectivity index (χ2n) is 7.11. The summed E-state index contributed by atoms with van der Waals surface area (Å²) in [6, 6.07) is 10.9. The predicted octanol–water partition coefficient (Wildman–Crippen LogP) is 3.69. The van der Waals surface area contributed by atoms with Crippen molar-refractivity contribution in [2.75, 3.05) is 20.3 Å². The van der Waals surface area contributed by atoms with Crippen molar-refractivity contribution in [2.24, 2.45) is 0 Å². The number of ether oxygens (including phenoxy) is 2. The fourth-order valence-electron chi connectivity index (χ4n) is 3.10. The van der Waals surface area contributed by atoms with Crippen LogP contribution in [-0.2, 0) is 16.1 Å². The van der Waals surface area contributed by atoms with E-state index in [1.165, 1.54) is 6.07 Å². The molecular formula is C22H26N2O4. The summed E-state index contributed by atoms with van der Waals surface area (Å²) in [5.74, 6) is 0.729. The molecule has 1 aromatic heterocycles. The summed E-state index contributed by atoms with van der Waals surface area (Å²) in [6.07, 6.45) is 0. The van der Waals surface area contributed by atoms with Crippen LogP contribution < -0.4 is 5.56 Å². The van der Waals surface area contributed by atoms with Crippen molar-refractivity contribution in [2.45, 2.75) is 33.3 Å². The van der Waals surface area contributed by atoms with Crippen molar-refractivity contribution < 1.29 is 14.6 Å². The highest BCUT2D eigenvalue weighted by Crippen LogP contribution is 2.27. The van der Waals surface area contributed by atoms with Gasteiger partial charge in [0, 0.05) is 18.6 Å². The van der Waals surface area contributed by atoms with Crippen LogP contribution in [0.1, 0.15) is 36.7 Å². The van der Waals surface area contributed by atoms with E-state index in [9.17, 15) is 9.90 Å². The number of benzene rings is 2. The highest BCUT2D eigenvalue weighted by Gasteiger charge is 2.19. The molecule has 0 amide bonds. The Balaban J connectivity index is 2.20. The van der Waals surface area contributed by atoms with E-state index in [2.05, 4.69) is 0 Å². The number of aryl methyl sites for hydroxylation is 1. The number of aromatic hydroxyl groups is 1. The van der Waals surface area contributed by atoms with E-state index >= 15 is 0 Å². The van der Waals surface area contributed by atoms with E-state index in [4.69, 9.17) is 14.5 Å². The lowest BCUT2D eigenvalue weighted by Crippen LogP contribution is -2.25. The van der Waals surface area contributed by atoms with Crippen molar-refractivity contribution in [3.8, 4) is 11.4 Å². The fourth-order valence-corrected chi connectivity index (χ4v) is 3.10. The number of nitrogens with zero attached hydrogens (tertiary/aromatic N) is 2. The molecule has 3 rings (SSSR count). The van der Waals surface area contributed by atoms with Gasteiger partial charge in [0.25, 0.3) is 5.56 Å². The van der Waals surface area contributed by atoms with Gasteiger partial charge in [-0.3, -0.25) is 9.36 Å². The van der Waals surface area contributed by atoms with Crippen molar-refractivity contribution in [1.82, 2.24) is 9.55 Å². The number of hydrogen-bond donors (Lipinski definition) is 1. The SMILES string of the molecule is COCCOCc1c(O)ccc2c(=O)n(-c3ccc(C)cc3)c(C(C)C)nc12. The summed E-state index contributed by atoms with van der Waals surface area (Å²) in [4.78, 5) is 18.1. The largest absolute Gasteiger partial charge is 0.507 e. The number of fused-ring (bicyclic) bond motifs is 1. The zero-order valence-electron chi connectivity index (χ0n) is 16.7. The molecule has 0 saturated carbocycles. The molecule has 1 N–H and O–H groups in total. The number of hydrogen-bond acceptors (Lipinski definition) is 5. The summed E-state index contributed by atoms with van der Waals surface area (Å²) in [6.45, 7) is 7.00. The van der Waals surface area contributed by atoms with E-state index in [0.29, 0.717) is 35.5 Å². The standard InChI is InChI=1S/C22H26N2O4/c1-14(2)21-23-20-17(9-10-19(25)18(20)13-28-12-11-27-4)22(26)24(21)16-7-5-15(3)6-8-16/h5-10,14,25H,11-13H2,1-4H3. The second-order valence-corrected chi connectivity index (χ2v) is 7.11. The van der Waals surface area contributed by atoms with Gasteiger partial charge in [-0.05, 0) is 31.2 Å². The van der Waals surface area contributed by atoms with Crippen LogP contribution in [0.2, 0.25) is 0 Å². The van der Waals surface area contributed by atoms with Gasteiger partial charge < -0.3 is 14.6 Å². The summed E-state index contributed by atoms with van der Waals surface area (Å²) in [7, 11) is 1.60. The Hall–Kier alpha value is -2.70. The average molecular weight is 382 g/mol. The van der Waals surface area contributed by atoms with Crippen LogP contribution in [0.25, 0.3) is 16.6 Å². The van der Waals surface area contributed by atoms with Gasteiger partial charge in [-0.1, -0.05) is 31.5 Å². The smallest absolute Gasteiger partial charge is 0.265 e. The Labute approximate surface area is 164 Å². The third kappa shape index (κ3) is 3.93. The maximum absolute atomic E-state index is 13.4. The molecule has 0 aliphatic heterocycles. The molecular weight excluding hydrogens is 356 g/mol. The number of rotatable bonds is 7. The van der Waals surface area contributed by atoms with E-state index < -0.39 is 0 Å². The molecule has 1 heterocycles. The van der Waals surface area contributed by atoms with Crippen LogP contribution in [0, 0.1) is 6.92 Å². The Kier molecular flexibility index (Phi) is 6.11. The number of phenols is 1. The van der Waals surface area contributed by atoms with Crippen molar-refractivity contribution >= 4 is 10.9 Å². The third-order valence-corrected chi connectivity index (χ3v) is 4.63. The van der Waals surface area contributed by atoms with Crippen LogP contribution >= 0.6 is 0 Å². The molecule has 0 bridgehead atoms. The van der Waals surface area contributed by atoms with E-state index in [-0.39, 0.29) is 23.8 Å². The first-order chi connectivity index (χ1) is 13.4. The molecule has 0 radical (unpaired) electrons. The average Bonchev–Trinajstić information content (AvgIpc) is 2.67. The lowest BCUT2D eigenvalue weighted by atomic mass is 10.1. The molecule has 0 atom stereocenters. The highest BCUT2D eigenvalue weighted by atomic mass is 16.5. The molecule has 148 valence electrons. The van der Waals surface area contributed by atoms with Gasteiger partial charge in [0.1, 0.15) is 11.6 Å². The minimum absolute atomic E-state index is 0.0167. The van der Waals surface area contributed by atoms with Crippen LogP contribution in [0.4, 0.5) is 0 Å². The second kappa shape index (κ2) is 8.54. The summed E-state index contributed by atoms with van der Waals surface area (Å²) in [5, 5.41) is 10.8. The molecule has 0 aliphatic carbocycles. The molecule has 0 aliphatic rings. The zero-order valence-corrected chi connectivity index (χ0v) is 16.7. The van der Waals surface area contributed by atoms with Crippen LogP contribution in [-0.4, -0.2) is 35.0 Å². The summed E-state index contributed by atoms with van der Waals surface area (Å²) < 4.78 is 12.2. The van der Waals surface area contributed by atoms with Gasteiger partial charge in [0.2, 0.25) is 0 Å². The molecule has 6 nitrogen and oxygen atoms in total. The van der Waals surface area contributed by atoms with Crippen molar-refractivity contribution in [3.05, 3.63) is 63.7 Å². The topological polar surface area (TPSA) is 73.6 Å². The minimum atomic E-state index is -0.157. The Morgan fingerprint density at radius 2 is 1.82 bits per heavy atom. The lowest BCUT2D eigenvalue weighted by molar-refractivity contribution is 0.0612. The maximum Gasteiger partial charge on any atom is 0.265 e. The first-order valence-electron chi connectivity index (χ1n) is 9.35. The van der Waals surface area contributed by atoms with E-state index in [0.717, 1.165) is 11.3 Å². The Bertz CT molecular complexity index is 1020. The monoisotopic (exact) mass is 382 g/mol. The van der Waals surface area contributed by atoms with Gasteiger partial charge in [0.15, 0.2) is 0 Å². The predicted molar refractivity (Wildman–Crippen MR) is 109 cm³/mol. The molecule has 0 saturated heterocycles. The van der Waals surface area contributed by atoms with E-state index in [1.807, 2.05) is 45.0 Å². The van der Waals surface area contributed by atoms with E-state index in [1.54, 1.807) is 17.7 Å².